The molecule has 1 saturated heterocycles. The first-order valence-electron chi connectivity index (χ1n) is 6.27. The maximum atomic E-state index is 3.58. The van der Waals surface area contributed by atoms with E-state index in [4.69, 9.17) is 0 Å². The molecule has 0 aliphatic carbocycles. The second kappa shape index (κ2) is 5.87. The van der Waals surface area contributed by atoms with Gasteiger partial charge in [-0.1, -0.05) is 34.1 Å². The zero-order chi connectivity index (χ0) is 12.3. The molecule has 94 valence electrons. The third kappa shape index (κ3) is 3.02. The van der Waals surface area contributed by atoms with Crippen molar-refractivity contribution in [3.63, 3.8) is 0 Å². The largest absolute Gasteiger partial charge is 0.370 e. The van der Waals surface area contributed by atoms with Gasteiger partial charge in [-0.15, -0.1) is 0 Å². The van der Waals surface area contributed by atoms with Crippen molar-refractivity contribution in [2.45, 2.75) is 24.2 Å². The number of hydrogen-bond donors (Lipinski definition) is 0. The number of rotatable bonds is 3. The van der Waals surface area contributed by atoms with E-state index in [0.717, 1.165) is 5.33 Å². The van der Waals surface area contributed by atoms with Crippen molar-refractivity contribution in [2.24, 2.45) is 0 Å². The van der Waals surface area contributed by atoms with Gasteiger partial charge in [0, 0.05) is 30.7 Å². The number of para-hydroxylation sites is 1. The molecular weight excluding hydrogens is 276 g/mol. The van der Waals surface area contributed by atoms with E-state index in [1.165, 1.54) is 37.2 Å². The lowest BCUT2D eigenvalue weighted by atomic mass is 10.0. The summed E-state index contributed by atoms with van der Waals surface area (Å²) in [5.41, 5.74) is 2.74. The number of piperidine rings is 1. The van der Waals surface area contributed by atoms with E-state index in [0.29, 0.717) is 6.04 Å². The summed E-state index contributed by atoms with van der Waals surface area (Å²) in [6.07, 6.45) is 2.61. The molecule has 17 heavy (non-hydrogen) atoms. The minimum absolute atomic E-state index is 0.647. The van der Waals surface area contributed by atoms with E-state index in [-0.39, 0.29) is 0 Å². The first-order chi connectivity index (χ1) is 8.22. The highest BCUT2D eigenvalue weighted by Gasteiger charge is 2.22. The van der Waals surface area contributed by atoms with Crippen LogP contribution in [0.1, 0.15) is 18.4 Å². The van der Waals surface area contributed by atoms with Gasteiger partial charge in [0.25, 0.3) is 0 Å². The Morgan fingerprint density at radius 1 is 1.41 bits per heavy atom. The van der Waals surface area contributed by atoms with Crippen molar-refractivity contribution in [3.8, 4) is 0 Å². The van der Waals surface area contributed by atoms with Gasteiger partial charge in [-0.3, -0.25) is 0 Å². The monoisotopic (exact) mass is 296 g/mol. The van der Waals surface area contributed by atoms with Gasteiger partial charge in [0.1, 0.15) is 0 Å². The maximum Gasteiger partial charge on any atom is 0.0414 e. The quantitative estimate of drug-likeness (QED) is 0.791. The fourth-order valence-corrected chi connectivity index (χ4v) is 3.09. The Morgan fingerprint density at radius 3 is 2.88 bits per heavy atom. The van der Waals surface area contributed by atoms with Crippen LogP contribution in [0, 0.1) is 0 Å². The molecule has 0 aromatic heterocycles. The zero-order valence-corrected chi connectivity index (χ0v) is 12.3. The zero-order valence-electron chi connectivity index (χ0n) is 10.7. The molecule has 1 aliphatic heterocycles. The Balaban J connectivity index is 2.15. The van der Waals surface area contributed by atoms with Crippen LogP contribution in [0.4, 0.5) is 5.69 Å². The SMILES string of the molecule is CN1CCCC(N(C)c2ccccc2CBr)C1. The summed E-state index contributed by atoms with van der Waals surface area (Å²) in [6, 6.07) is 9.32. The lowest BCUT2D eigenvalue weighted by Gasteiger charge is -2.37. The molecule has 0 amide bonds. The van der Waals surface area contributed by atoms with Gasteiger partial charge in [-0.2, -0.15) is 0 Å². The molecule has 0 N–H and O–H groups in total. The molecule has 1 heterocycles. The van der Waals surface area contributed by atoms with E-state index < -0.39 is 0 Å². The minimum atomic E-state index is 0.647. The molecule has 0 bridgehead atoms. The number of alkyl halides is 1. The Hall–Kier alpha value is -0.540. The predicted molar refractivity (Wildman–Crippen MR) is 78.0 cm³/mol. The molecule has 1 aromatic rings. The summed E-state index contributed by atoms with van der Waals surface area (Å²) < 4.78 is 0. The minimum Gasteiger partial charge on any atom is -0.370 e. The summed E-state index contributed by atoms with van der Waals surface area (Å²) in [4.78, 5) is 4.88. The van der Waals surface area contributed by atoms with Crippen LogP contribution in [0.15, 0.2) is 24.3 Å². The van der Waals surface area contributed by atoms with Crippen LogP contribution in [0.5, 0.6) is 0 Å². The lowest BCUT2D eigenvalue weighted by molar-refractivity contribution is 0.248. The van der Waals surface area contributed by atoms with E-state index in [1.807, 2.05) is 0 Å². The highest BCUT2D eigenvalue weighted by atomic mass is 79.9. The van der Waals surface area contributed by atoms with Crippen LogP contribution < -0.4 is 4.90 Å². The first-order valence-corrected chi connectivity index (χ1v) is 7.39. The normalized spacial score (nSPS) is 21.5. The number of nitrogens with zero attached hydrogens (tertiary/aromatic N) is 2. The smallest absolute Gasteiger partial charge is 0.0414 e. The van der Waals surface area contributed by atoms with Crippen LogP contribution in [0.3, 0.4) is 0 Å². The second-order valence-corrected chi connectivity index (χ2v) is 5.49. The molecule has 1 fully saturated rings. The van der Waals surface area contributed by atoms with E-state index >= 15 is 0 Å². The Morgan fingerprint density at radius 2 is 2.18 bits per heavy atom. The number of benzene rings is 1. The fourth-order valence-electron chi connectivity index (χ4n) is 2.62. The van der Waals surface area contributed by atoms with Crippen molar-refractivity contribution >= 4 is 21.6 Å². The van der Waals surface area contributed by atoms with Gasteiger partial charge in [0.05, 0.1) is 0 Å². The Labute approximate surface area is 113 Å². The average molecular weight is 297 g/mol. The molecule has 0 saturated carbocycles. The van der Waals surface area contributed by atoms with E-state index in [2.05, 4.69) is 64.1 Å². The van der Waals surface area contributed by atoms with Gasteiger partial charge >= 0.3 is 0 Å². The number of halogens is 1. The molecule has 1 atom stereocenters. The molecule has 1 aromatic carbocycles. The van der Waals surface area contributed by atoms with Crippen molar-refractivity contribution in [3.05, 3.63) is 29.8 Å². The topological polar surface area (TPSA) is 6.48 Å². The highest BCUT2D eigenvalue weighted by Crippen LogP contribution is 2.26. The van der Waals surface area contributed by atoms with Crippen LogP contribution in [0.2, 0.25) is 0 Å². The molecule has 2 nitrogen and oxygen atoms in total. The fraction of sp³-hybridized carbons (Fsp3) is 0.571. The third-order valence-electron chi connectivity index (χ3n) is 3.66. The summed E-state index contributed by atoms with van der Waals surface area (Å²) in [6.45, 7) is 2.41. The van der Waals surface area contributed by atoms with Crippen LogP contribution in [-0.4, -0.2) is 38.1 Å². The molecule has 1 aliphatic rings. The van der Waals surface area contributed by atoms with Crippen molar-refractivity contribution in [1.29, 1.82) is 0 Å². The molecular formula is C14H21BrN2. The highest BCUT2D eigenvalue weighted by molar-refractivity contribution is 9.08. The average Bonchev–Trinajstić information content (AvgIpc) is 2.38. The van der Waals surface area contributed by atoms with Gasteiger partial charge in [0.2, 0.25) is 0 Å². The molecule has 0 radical (unpaired) electrons. The Bertz CT molecular complexity index is 367. The van der Waals surface area contributed by atoms with E-state index in [9.17, 15) is 0 Å². The van der Waals surface area contributed by atoms with Gasteiger partial charge < -0.3 is 9.80 Å². The number of anilines is 1. The van der Waals surface area contributed by atoms with Crippen LogP contribution >= 0.6 is 15.9 Å². The molecule has 2 rings (SSSR count). The first kappa shape index (κ1) is 12.9. The number of likely N-dealkylation sites (tertiary alicyclic amines) is 1. The van der Waals surface area contributed by atoms with Crippen molar-refractivity contribution < 1.29 is 0 Å². The number of likely N-dealkylation sites (N-methyl/N-ethyl adjacent to an activating group) is 2. The third-order valence-corrected chi connectivity index (χ3v) is 4.27. The molecule has 1 unspecified atom stereocenters. The van der Waals surface area contributed by atoms with E-state index in [1.54, 1.807) is 0 Å². The second-order valence-electron chi connectivity index (χ2n) is 4.93. The predicted octanol–water partition coefficient (Wildman–Crippen LogP) is 3.11. The lowest BCUT2D eigenvalue weighted by Crippen LogP contribution is -2.45. The summed E-state index contributed by atoms with van der Waals surface area (Å²) >= 11 is 3.58. The summed E-state index contributed by atoms with van der Waals surface area (Å²) in [7, 11) is 4.45. The molecule has 0 spiro atoms. The molecule has 3 heteroatoms. The van der Waals surface area contributed by atoms with Crippen LogP contribution in [0.25, 0.3) is 0 Å². The summed E-state index contributed by atoms with van der Waals surface area (Å²) in [5, 5.41) is 0.927. The van der Waals surface area contributed by atoms with Crippen molar-refractivity contribution in [2.75, 3.05) is 32.1 Å². The number of hydrogen-bond acceptors (Lipinski definition) is 2. The standard InChI is InChI=1S/C14H21BrN2/c1-16-9-5-7-13(11-16)17(2)14-8-4-3-6-12(14)10-15/h3-4,6,8,13H,5,7,9-11H2,1-2H3. The van der Waals surface area contributed by atoms with Crippen molar-refractivity contribution in [1.82, 2.24) is 4.90 Å². The summed E-state index contributed by atoms with van der Waals surface area (Å²) in [5.74, 6) is 0. The van der Waals surface area contributed by atoms with Gasteiger partial charge in [0.15, 0.2) is 0 Å². The van der Waals surface area contributed by atoms with Gasteiger partial charge in [-0.25, -0.2) is 0 Å². The Kier molecular flexibility index (Phi) is 4.46. The van der Waals surface area contributed by atoms with Crippen LogP contribution in [-0.2, 0) is 5.33 Å². The van der Waals surface area contributed by atoms with Gasteiger partial charge in [-0.05, 0) is 38.1 Å². The maximum absolute atomic E-state index is 3.58.